The highest BCUT2D eigenvalue weighted by Gasteiger charge is 2.19. The Kier molecular flexibility index (Phi) is 4.16. The van der Waals surface area contributed by atoms with Crippen molar-refractivity contribution in [1.82, 2.24) is 0 Å². The van der Waals surface area contributed by atoms with Gasteiger partial charge in [-0.15, -0.1) is 0 Å². The van der Waals surface area contributed by atoms with Crippen LogP contribution in [0.1, 0.15) is 11.1 Å². The maximum Gasteiger partial charge on any atom is 0.263 e. The van der Waals surface area contributed by atoms with E-state index in [4.69, 9.17) is 16.9 Å². The lowest BCUT2D eigenvalue weighted by molar-refractivity contribution is 0.601. The summed E-state index contributed by atoms with van der Waals surface area (Å²) in [5, 5.41) is 8.80. The van der Waals surface area contributed by atoms with E-state index in [9.17, 15) is 12.8 Å². The summed E-state index contributed by atoms with van der Waals surface area (Å²) in [6.45, 7) is 1.64. The number of anilines is 1. The summed E-state index contributed by atoms with van der Waals surface area (Å²) in [7, 11) is -4.01. The monoisotopic (exact) mass is 324 g/mol. The van der Waals surface area contributed by atoms with Gasteiger partial charge in [0.15, 0.2) is 0 Å². The lowest BCUT2D eigenvalue weighted by atomic mass is 10.2. The van der Waals surface area contributed by atoms with Crippen molar-refractivity contribution in [2.24, 2.45) is 0 Å². The van der Waals surface area contributed by atoms with E-state index in [2.05, 4.69) is 4.72 Å². The number of nitrogens with one attached hydrogen (secondary N) is 1. The average molecular weight is 325 g/mol. The van der Waals surface area contributed by atoms with Crippen molar-refractivity contribution in [3.05, 3.63) is 58.4 Å². The number of halogens is 2. The zero-order valence-electron chi connectivity index (χ0n) is 10.9. The molecule has 0 saturated heterocycles. The average Bonchev–Trinajstić information content (AvgIpc) is 2.37. The fraction of sp³-hybridized carbons (Fsp3) is 0.0714. The third-order valence-corrected chi connectivity index (χ3v) is 4.51. The van der Waals surface area contributed by atoms with Crippen LogP contribution in [0.5, 0.6) is 0 Å². The summed E-state index contributed by atoms with van der Waals surface area (Å²) >= 11 is 5.86. The van der Waals surface area contributed by atoms with Gasteiger partial charge in [-0.2, -0.15) is 5.26 Å². The molecule has 0 atom stereocenters. The van der Waals surface area contributed by atoms with E-state index in [-0.39, 0.29) is 21.2 Å². The third kappa shape index (κ3) is 3.51. The van der Waals surface area contributed by atoms with Crippen LogP contribution >= 0.6 is 11.6 Å². The lowest BCUT2D eigenvalue weighted by Gasteiger charge is -2.10. The normalized spacial score (nSPS) is 11.0. The number of rotatable bonds is 3. The minimum atomic E-state index is -4.01. The van der Waals surface area contributed by atoms with Gasteiger partial charge in [0.05, 0.1) is 22.3 Å². The molecule has 0 aliphatic carbocycles. The van der Waals surface area contributed by atoms with Crippen molar-refractivity contribution in [2.45, 2.75) is 11.8 Å². The molecule has 2 aromatic carbocycles. The second-order valence-corrected chi connectivity index (χ2v) is 6.44. The highest BCUT2D eigenvalue weighted by molar-refractivity contribution is 7.92. The molecule has 4 nitrogen and oxygen atoms in total. The molecule has 2 aromatic rings. The van der Waals surface area contributed by atoms with E-state index in [1.165, 1.54) is 24.3 Å². The standard InChI is InChI=1S/C14H10ClFN2O2S/c1-9-4-11(16)7-12(5-9)18-21(19,20)14-6-10(8-17)2-3-13(14)15/h2-7,18H,1H3. The predicted octanol–water partition coefficient (Wildman–Crippen LogP) is 3.46. The Hall–Kier alpha value is -2.10. The quantitative estimate of drug-likeness (QED) is 0.940. The number of hydrogen-bond acceptors (Lipinski definition) is 3. The van der Waals surface area contributed by atoms with Crippen LogP contribution in [0.25, 0.3) is 0 Å². The molecule has 0 bridgehead atoms. The summed E-state index contributed by atoms with van der Waals surface area (Å²) in [5.74, 6) is -0.551. The predicted molar refractivity (Wildman–Crippen MR) is 78.1 cm³/mol. The van der Waals surface area contributed by atoms with Gasteiger partial charge in [-0.25, -0.2) is 12.8 Å². The number of sulfonamides is 1. The van der Waals surface area contributed by atoms with Gasteiger partial charge in [-0.3, -0.25) is 4.72 Å². The largest absolute Gasteiger partial charge is 0.279 e. The molecule has 0 spiro atoms. The van der Waals surface area contributed by atoms with Crippen LogP contribution in [0.3, 0.4) is 0 Å². The second-order valence-electron chi connectivity index (χ2n) is 4.38. The molecule has 0 aliphatic heterocycles. The fourth-order valence-electron chi connectivity index (χ4n) is 1.78. The first kappa shape index (κ1) is 15.3. The maximum absolute atomic E-state index is 13.3. The summed E-state index contributed by atoms with van der Waals surface area (Å²) in [6.07, 6.45) is 0. The van der Waals surface area contributed by atoms with Gasteiger partial charge in [-0.1, -0.05) is 11.6 Å². The molecule has 0 saturated carbocycles. The number of aryl methyl sites for hydroxylation is 1. The molecule has 0 amide bonds. The number of hydrogen-bond donors (Lipinski definition) is 1. The molecule has 0 unspecified atom stereocenters. The van der Waals surface area contributed by atoms with Gasteiger partial charge in [0.2, 0.25) is 0 Å². The van der Waals surface area contributed by atoms with Crippen LogP contribution in [-0.2, 0) is 10.0 Å². The first-order chi connectivity index (χ1) is 9.81. The van der Waals surface area contributed by atoms with Gasteiger partial charge in [0.25, 0.3) is 10.0 Å². The molecule has 2 rings (SSSR count). The molecular formula is C14H10ClFN2O2S. The summed E-state index contributed by atoms with van der Waals surface area (Å²) in [4.78, 5) is -0.231. The topological polar surface area (TPSA) is 70.0 Å². The van der Waals surface area contributed by atoms with E-state index in [1.807, 2.05) is 6.07 Å². The Labute approximate surface area is 126 Å². The van der Waals surface area contributed by atoms with Gasteiger partial charge in [0.1, 0.15) is 10.7 Å². The molecule has 7 heteroatoms. The highest BCUT2D eigenvalue weighted by Crippen LogP contribution is 2.25. The number of nitrogens with zero attached hydrogens (tertiary/aromatic N) is 1. The Balaban J connectivity index is 2.45. The van der Waals surface area contributed by atoms with Gasteiger partial charge >= 0.3 is 0 Å². The highest BCUT2D eigenvalue weighted by atomic mass is 35.5. The number of benzene rings is 2. The Morgan fingerprint density at radius 2 is 1.95 bits per heavy atom. The fourth-order valence-corrected chi connectivity index (χ4v) is 3.35. The molecule has 21 heavy (non-hydrogen) atoms. The van der Waals surface area contributed by atoms with Crippen molar-refractivity contribution in [3.8, 4) is 6.07 Å². The molecule has 0 radical (unpaired) electrons. The van der Waals surface area contributed by atoms with Crippen molar-refractivity contribution < 1.29 is 12.8 Å². The second kappa shape index (κ2) is 5.72. The van der Waals surface area contributed by atoms with Crippen LogP contribution in [0.15, 0.2) is 41.3 Å². The molecule has 108 valence electrons. The van der Waals surface area contributed by atoms with E-state index in [0.29, 0.717) is 5.56 Å². The van der Waals surface area contributed by atoms with E-state index < -0.39 is 15.8 Å². The molecule has 1 N–H and O–H groups in total. The zero-order valence-corrected chi connectivity index (χ0v) is 12.5. The molecule has 0 fully saturated rings. The summed E-state index contributed by atoms with van der Waals surface area (Å²) < 4.78 is 40.1. The van der Waals surface area contributed by atoms with Gasteiger partial charge < -0.3 is 0 Å². The molecular weight excluding hydrogens is 315 g/mol. The summed E-state index contributed by atoms with van der Waals surface area (Å²) in [5.41, 5.74) is 0.825. The van der Waals surface area contributed by atoms with Crippen LogP contribution in [-0.4, -0.2) is 8.42 Å². The minimum Gasteiger partial charge on any atom is -0.279 e. The van der Waals surface area contributed by atoms with E-state index in [1.54, 1.807) is 6.92 Å². The molecule has 0 heterocycles. The molecule has 0 aliphatic rings. The first-order valence-electron chi connectivity index (χ1n) is 5.81. The van der Waals surface area contributed by atoms with Crippen LogP contribution in [0, 0.1) is 24.1 Å². The lowest BCUT2D eigenvalue weighted by Crippen LogP contribution is -2.14. The van der Waals surface area contributed by atoms with Crippen LogP contribution in [0.4, 0.5) is 10.1 Å². The number of nitriles is 1. The van der Waals surface area contributed by atoms with Crippen molar-refractivity contribution in [3.63, 3.8) is 0 Å². The maximum atomic E-state index is 13.3. The third-order valence-electron chi connectivity index (χ3n) is 2.64. The van der Waals surface area contributed by atoms with Crippen molar-refractivity contribution >= 4 is 27.3 Å². The van der Waals surface area contributed by atoms with Crippen LogP contribution in [0.2, 0.25) is 5.02 Å². The Bertz CT molecular complexity index is 824. The van der Waals surface area contributed by atoms with E-state index in [0.717, 1.165) is 12.1 Å². The van der Waals surface area contributed by atoms with Gasteiger partial charge in [-0.05, 0) is 48.9 Å². The zero-order chi connectivity index (χ0) is 15.6. The van der Waals surface area contributed by atoms with Gasteiger partial charge in [0, 0.05) is 0 Å². The van der Waals surface area contributed by atoms with Crippen LogP contribution < -0.4 is 4.72 Å². The first-order valence-corrected chi connectivity index (χ1v) is 7.67. The smallest absolute Gasteiger partial charge is 0.263 e. The van der Waals surface area contributed by atoms with Crippen molar-refractivity contribution in [1.29, 1.82) is 5.26 Å². The Morgan fingerprint density at radius 3 is 2.57 bits per heavy atom. The SMILES string of the molecule is Cc1cc(F)cc(NS(=O)(=O)c2cc(C#N)ccc2Cl)c1. The van der Waals surface area contributed by atoms with E-state index >= 15 is 0 Å². The molecule has 0 aromatic heterocycles. The Morgan fingerprint density at radius 1 is 1.24 bits per heavy atom. The van der Waals surface area contributed by atoms with Crippen molar-refractivity contribution in [2.75, 3.05) is 4.72 Å². The summed E-state index contributed by atoms with van der Waals surface area (Å²) in [6, 6.07) is 9.57. The minimum absolute atomic E-state index is 0.0189.